The van der Waals surface area contributed by atoms with Crippen molar-refractivity contribution in [1.29, 1.82) is 0 Å². The van der Waals surface area contributed by atoms with Crippen LogP contribution >= 0.6 is 0 Å². The number of benzene rings is 1. The van der Waals surface area contributed by atoms with Gasteiger partial charge in [0.1, 0.15) is 0 Å². The van der Waals surface area contributed by atoms with Gasteiger partial charge in [0.05, 0.1) is 4.92 Å². The summed E-state index contributed by atoms with van der Waals surface area (Å²) in [5, 5.41) is 19.1. The molecule has 1 aliphatic rings. The van der Waals surface area contributed by atoms with E-state index in [4.69, 9.17) is 0 Å². The molecule has 0 aliphatic carbocycles. The van der Waals surface area contributed by atoms with Gasteiger partial charge in [0, 0.05) is 30.9 Å². The summed E-state index contributed by atoms with van der Waals surface area (Å²) in [7, 11) is 0. The molecule has 3 N–H and O–H groups in total. The molecule has 7 nitrogen and oxygen atoms in total. The van der Waals surface area contributed by atoms with E-state index in [1.54, 1.807) is 6.07 Å². The Hall–Kier alpha value is -2.41. The molecule has 0 unspecified atom stereocenters. The second-order valence-electron chi connectivity index (χ2n) is 4.43. The molecule has 2 rings (SSSR count). The van der Waals surface area contributed by atoms with Gasteiger partial charge < -0.3 is 16.0 Å². The Morgan fingerprint density at radius 3 is 3.00 bits per heavy atom. The molecule has 0 aromatic heterocycles. The number of rotatable bonds is 4. The average Bonchev–Trinajstić information content (AvgIpc) is 2.46. The van der Waals surface area contributed by atoms with Crippen LogP contribution < -0.4 is 16.0 Å². The van der Waals surface area contributed by atoms with Gasteiger partial charge in [-0.15, -0.1) is 0 Å². The monoisotopic (exact) mass is 276 g/mol. The van der Waals surface area contributed by atoms with Gasteiger partial charge in [0.15, 0.2) is 0 Å². The topological polar surface area (TPSA) is 96.3 Å². The van der Waals surface area contributed by atoms with Crippen LogP contribution in [-0.2, 0) is 0 Å². The number of amides is 2. The van der Waals surface area contributed by atoms with Gasteiger partial charge in [0.25, 0.3) is 5.69 Å². The van der Waals surface area contributed by atoms with Crippen molar-refractivity contribution in [1.82, 2.24) is 10.6 Å². The van der Waals surface area contributed by atoms with Gasteiger partial charge in [-0.3, -0.25) is 10.1 Å². The molecule has 0 radical (unpaired) electrons. The lowest BCUT2D eigenvalue weighted by Crippen LogP contribution is -2.32. The molecule has 0 fully saturated rings. The summed E-state index contributed by atoms with van der Waals surface area (Å²) in [6, 6.07) is 5.47. The van der Waals surface area contributed by atoms with Crippen LogP contribution in [0.5, 0.6) is 0 Å². The fraction of sp³-hybridized carbons (Fsp3) is 0.308. The Bertz CT molecular complexity index is 542. The number of carbonyl (C=O) groups excluding carboxylic acids is 1. The molecular weight excluding hydrogens is 260 g/mol. The number of nitro benzene ring substituents is 1. The molecule has 106 valence electrons. The Morgan fingerprint density at radius 2 is 2.30 bits per heavy atom. The lowest BCUT2D eigenvalue weighted by Gasteiger charge is -2.14. The van der Waals surface area contributed by atoms with Crippen LogP contribution in [0.15, 0.2) is 35.9 Å². The van der Waals surface area contributed by atoms with Crippen molar-refractivity contribution in [2.75, 3.05) is 25.0 Å². The smallest absolute Gasteiger partial charge is 0.319 e. The van der Waals surface area contributed by atoms with Crippen LogP contribution in [0.25, 0.3) is 0 Å². The van der Waals surface area contributed by atoms with Crippen molar-refractivity contribution >= 4 is 17.4 Å². The van der Waals surface area contributed by atoms with Crippen molar-refractivity contribution in [2.24, 2.45) is 0 Å². The zero-order valence-corrected chi connectivity index (χ0v) is 10.9. The Kier molecular flexibility index (Phi) is 4.67. The number of hydrogen-bond acceptors (Lipinski definition) is 4. The second kappa shape index (κ2) is 6.67. The minimum Gasteiger partial charge on any atom is -0.334 e. The quantitative estimate of drug-likeness (QED) is 0.442. The molecule has 7 heteroatoms. The fourth-order valence-corrected chi connectivity index (χ4v) is 1.90. The maximum absolute atomic E-state index is 11.7. The van der Waals surface area contributed by atoms with E-state index >= 15 is 0 Å². The van der Waals surface area contributed by atoms with Crippen LogP contribution in [0, 0.1) is 10.1 Å². The van der Waals surface area contributed by atoms with Crippen molar-refractivity contribution in [3.05, 3.63) is 46.0 Å². The molecule has 0 bridgehead atoms. The number of non-ortho nitro benzene ring substituents is 1. The third-order valence-electron chi connectivity index (χ3n) is 2.95. The van der Waals surface area contributed by atoms with Crippen LogP contribution in [-0.4, -0.2) is 30.6 Å². The first-order valence-corrected chi connectivity index (χ1v) is 6.33. The summed E-state index contributed by atoms with van der Waals surface area (Å²) in [6.07, 6.45) is 2.97. The van der Waals surface area contributed by atoms with Crippen molar-refractivity contribution < 1.29 is 9.72 Å². The number of carbonyl (C=O) groups is 1. The van der Waals surface area contributed by atoms with E-state index in [-0.39, 0.29) is 11.7 Å². The first kappa shape index (κ1) is 14.0. The van der Waals surface area contributed by atoms with Crippen LogP contribution in [0.4, 0.5) is 16.2 Å². The lowest BCUT2D eigenvalue weighted by atomic mass is 10.1. The molecule has 0 spiro atoms. The van der Waals surface area contributed by atoms with E-state index in [9.17, 15) is 14.9 Å². The number of nitro groups is 1. The Morgan fingerprint density at radius 1 is 1.45 bits per heavy atom. The standard InChI is InChI=1S/C13H16N4O3/c18-13(15-9-10-4-6-14-7-5-10)16-11-2-1-3-12(8-11)17(19)20/h1-4,8,14H,5-7,9H2,(H2,15,16,18). The summed E-state index contributed by atoms with van der Waals surface area (Å²) >= 11 is 0. The zero-order chi connectivity index (χ0) is 14.4. The fourth-order valence-electron chi connectivity index (χ4n) is 1.90. The van der Waals surface area contributed by atoms with E-state index in [0.29, 0.717) is 12.2 Å². The van der Waals surface area contributed by atoms with Crippen molar-refractivity contribution in [3.8, 4) is 0 Å². The highest BCUT2D eigenvalue weighted by atomic mass is 16.6. The van der Waals surface area contributed by atoms with Crippen molar-refractivity contribution in [3.63, 3.8) is 0 Å². The van der Waals surface area contributed by atoms with E-state index in [0.717, 1.165) is 19.5 Å². The highest BCUT2D eigenvalue weighted by molar-refractivity contribution is 5.89. The average molecular weight is 276 g/mol. The highest BCUT2D eigenvalue weighted by Gasteiger charge is 2.09. The highest BCUT2D eigenvalue weighted by Crippen LogP contribution is 2.16. The Labute approximate surface area is 116 Å². The number of anilines is 1. The first-order chi connectivity index (χ1) is 9.65. The summed E-state index contributed by atoms with van der Waals surface area (Å²) in [4.78, 5) is 21.8. The minimum atomic E-state index is -0.497. The largest absolute Gasteiger partial charge is 0.334 e. The molecule has 20 heavy (non-hydrogen) atoms. The number of nitrogens with zero attached hydrogens (tertiary/aromatic N) is 1. The third kappa shape index (κ3) is 4.06. The predicted molar refractivity (Wildman–Crippen MR) is 75.7 cm³/mol. The maximum atomic E-state index is 11.7. The van der Waals surface area contributed by atoms with Crippen LogP contribution in [0.1, 0.15) is 6.42 Å². The molecule has 0 saturated carbocycles. The number of hydrogen-bond donors (Lipinski definition) is 3. The maximum Gasteiger partial charge on any atom is 0.319 e. The number of urea groups is 1. The van der Waals surface area contributed by atoms with Gasteiger partial charge in [-0.25, -0.2) is 4.79 Å². The summed E-state index contributed by atoms with van der Waals surface area (Å²) in [5.41, 5.74) is 1.53. The molecule has 1 heterocycles. The van der Waals surface area contributed by atoms with Gasteiger partial charge in [-0.1, -0.05) is 17.7 Å². The number of nitrogens with one attached hydrogen (secondary N) is 3. The van der Waals surface area contributed by atoms with Crippen LogP contribution in [0.3, 0.4) is 0 Å². The van der Waals surface area contributed by atoms with E-state index in [2.05, 4.69) is 22.0 Å². The predicted octanol–water partition coefficient (Wildman–Crippen LogP) is 1.64. The SMILES string of the molecule is O=C(NCC1=CCNCC1)Nc1cccc([N+](=O)[O-])c1. The lowest BCUT2D eigenvalue weighted by molar-refractivity contribution is -0.384. The zero-order valence-electron chi connectivity index (χ0n) is 10.9. The second-order valence-corrected chi connectivity index (χ2v) is 4.43. The minimum absolute atomic E-state index is 0.0520. The first-order valence-electron chi connectivity index (χ1n) is 6.33. The molecule has 1 aromatic carbocycles. The summed E-state index contributed by atoms with van der Waals surface area (Å²) < 4.78 is 0. The van der Waals surface area contributed by atoms with Crippen molar-refractivity contribution in [2.45, 2.75) is 6.42 Å². The molecule has 0 saturated heterocycles. The molecular formula is C13H16N4O3. The van der Waals surface area contributed by atoms with E-state index < -0.39 is 4.92 Å². The third-order valence-corrected chi connectivity index (χ3v) is 2.95. The van der Waals surface area contributed by atoms with Crippen LogP contribution in [0.2, 0.25) is 0 Å². The van der Waals surface area contributed by atoms with Gasteiger partial charge in [-0.2, -0.15) is 0 Å². The van der Waals surface area contributed by atoms with Gasteiger partial charge >= 0.3 is 6.03 Å². The Balaban J connectivity index is 1.86. The summed E-state index contributed by atoms with van der Waals surface area (Å²) in [5.74, 6) is 0. The normalized spacial score (nSPS) is 14.3. The summed E-state index contributed by atoms with van der Waals surface area (Å²) in [6.45, 7) is 2.23. The molecule has 0 atom stereocenters. The molecule has 1 aliphatic heterocycles. The van der Waals surface area contributed by atoms with Gasteiger partial charge in [0.2, 0.25) is 0 Å². The molecule has 1 aromatic rings. The molecule has 2 amide bonds. The van der Waals surface area contributed by atoms with Gasteiger partial charge in [-0.05, 0) is 19.0 Å². The van der Waals surface area contributed by atoms with E-state index in [1.807, 2.05) is 0 Å². The van der Waals surface area contributed by atoms with E-state index in [1.165, 1.54) is 23.8 Å².